The van der Waals surface area contributed by atoms with Gasteiger partial charge in [-0.1, -0.05) is 48.0 Å². The molecule has 0 aliphatic rings. The predicted molar refractivity (Wildman–Crippen MR) is 77.2 cm³/mol. The van der Waals surface area contributed by atoms with Crippen molar-refractivity contribution in [3.63, 3.8) is 0 Å². The van der Waals surface area contributed by atoms with E-state index in [0.717, 1.165) is 0 Å². The molecule has 2 amide bonds. The van der Waals surface area contributed by atoms with Crippen molar-refractivity contribution in [1.82, 2.24) is 10.9 Å². The third kappa shape index (κ3) is 3.83. The summed E-state index contributed by atoms with van der Waals surface area (Å²) in [6.07, 6.45) is 0.106. The zero-order valence-corrected chi connectivity index (χ0v) is 11.4. The van der Waals surface area contributed by atoms with E-state index in [9.17, 15) is 9.59 Å². The quantitative estimate of drug-likeness (QED) is 0.852. The van der Waals surface area contributed by atoms with E-state index in [4.69, 9.17) is 11.6 Å². The minimum Gasteiger partial charge on any atom is -0.273 e. The molecule has 0 saturated carbocycles. The molecule has 0 heterocycles. The zero-order valence-electron chi connectivity index (χ0n) is 10.6. The highest BCUT2D eigenvalue weighted by molar-refractivity contribution is 6.31. The van der Waals surface area contributed by atoms with Gasteiger partial charge in [0.05, 0.1) is 6.42 Å². The SMILES string of the molecule is O=C(Cc1ccccc1Cl)NNC(=O)c1ccccc1. The first-order valence-electron chi connectivity index (χ1n) is 6.04. The highest BCUT2D eigenvalue weighted by atomic mass is 35.5. The summed E-state index contributed by atoms with van der Waals surface area (Å²) in [4.78, 5) is 23.4. The molecule has 0 spiro atoms. The van der Waals surface area contributed by atoms with E-state index in [2.05, 4.69) is 10.9 Å². The van der Waals surface area contributed by atoms with E-state index in [1.807, 2.05) is 6.07 Å². The molecule has 5 heteroatoms. The molecule has 0 radical (unpaired) electrons. The molecule has 102 valence electrons. The lowest BCUT2D eigenvalue weighted by Gasteiger charge is -2.08. The van der Waals surface area contributed by atoms with Gasteiger partial charge in [-0.3, -0.25) is 20.4 Å². The van der Waals surface area contributed by atoms with Gasteiger partial charge in [0, 0.05) is 10.6 Å². The van der Waals surface area contributed by atoms with E-state index < -0.39 is 0 Å². The van der Waals surface area contributed by atoms with Gasteiger partial charge < -0.3 is 0 Å². The Morgan fingerprint density at radius 1 is 0.900 bits per heavy atom. The fraction of sp³-hybridized carbons (Fsp3) is 0.0667. The van der Waals surface area contributed by atoms with E-state index in [1.165, 1.54) is 0 Å². The Morgan fingerprint density at radius 3 is 2.25 bits per heavy atom. The first kappa shape index (κ1) is 14.1. The maximum Gasteiger partial charge on any atom is 0.269 e. The number of carbonyl (C=O) groups excluding carboxylic acids is 2. The molecule has 0 atom stereocenters. The van der Waals surface area contributed by atoms with E-state index >= 15 is 0 Å². The highest BCUT2D eigenvalue weighted by Crippen LogP contribution is 2.14. The van der Waals surface area contributed by atoms with Gasteiger partial charge in [-0.2, -0.15) is 0 Å². The van der Waals surface area contributed by atoms with Crippen molar-refractivity contribution >= 4 is 23.4 Å². The molecule has 0 fully saturated rings. The van der Waals surface area contributed by atoms with Crippen LogP contribution in [0.5, 0.6) is 0 Å². The van der Waals surface area contributed by atoms with Crippen molar-refractivity contribution in [2.24, 2.45) is 0 Å². The van der Waals surface area contributed by atoms with Gasteiger partial charge >= 0.3 is 0 Å². The number of hydrogen-bond acceptors (Lipinski definition) is 2. The molecule has 0 bridgehead atoms. The van der Waals surface area contributed by atoms with Gasteiger partial charge in [-0.25, -0.2) is 0 Å². The minimum absolute atomic E-state index is 0.106. The second-order valence-corrected chi connectivity index (χ2v) is 4.54. The number of rotatable bonds is 3. The molecule has 2 rings (SSSR count). The van der Waals surface area contributed by atoms with Crippen molar-refractivity contribution in [2.45, 2.75) is 6.42 Å². The fourth-order valence-electron chi connectivity index (χ4n) is 1.65. The van der Waals surface area contributed by atoms with Crippen LogP contribution in [0.1, 0.15) is 15.9 Å². The van der Waals surface area contributed by atoms with E-state index in [1.54, 1.807) is 48.5 Å². The lowest BCUT2D eigenvalue weighted by molar-refractivity contribution is -0.121. The second-order valence-electron chi connectivity index (χ2n) is 4.14. The van der Waals surface area contributed by atoms with Crippen LogP contribution in [0.2, 0.25) is 5.02 Å². The van der Waals surface area contributed by atoms with Crippen LogP contribution >= 0.6 is 11.6 Å². The van der Waals surface area contributed by atoms with Crippen LogP contribution < -0.4 is 10.9 Å². The number of amides is 2. The van der Waals surface area contributed by atoms with Crippen LogP contribution in [0.25, 0.3) is 0 Å². The van der Waals surface area contributed by atoms with Gasteiger partial charge in [0.15, 0.2) is 0 Å². The molecule has 20 heavy (non-hydrogen) atoms. The average molecular weight is 289 g/mol. The summed E-state index contributed by atoms with van der Waals surface area (Å²) in [7, 11) is 0. The van der Waals surface area contributed by atoms with Crippen LogP contribution in [-0.2, 0) is 11.2 Å². The number of carbonyl (C=O) groups is 2. The second kappa shape index (κ2) is 6.73. The molecule has 0 saturated heterocycles. The molecule has 0 unspecified atom stereocenters. The Balaban J connectivity index is 1.87. The van der Waals surface area contributed by atoms with Crippen LogP contribution in [-0.4, -0.2) is 11.8 Å². The molecule has 0 aliphatic carbocycles. The Morgan fingerprint density at radius 2 is 1.55 bits per heavy atom. The van der Waals surface area contributed by atoms with Crippen molar-refractivity contribution in [3.8, 4) is 0 Å². The van der Waals surface area contributed by atoms with Crippen molar-refractivity contribution in [1.29, 1.82) is 0 Å². The Bertz CT molecular complexity index is 614. The molecule has 2 N–H and O–H groups in total. The summed E-state index contributed by atoms with van der Waals surface area (Å²) in [6, 6.07) is 15.7. The number of nitrogens with one attached hydrogen (secondary N) is 2. The summed E-state index contributed by atoms with van der Waals surface area (Å²) < 4.78 is 0. The third-order valence-corrected chi connectivity index (χ3v) is 3.03. The molecular formula is C15H13ClN2O2. The summed E-state index contributed by atoms with van der Waals surface area (Å²) in [6.45, 7) is 0. The largest absolute Gasteiger partial charge is 0.273 e. The third-order valence-electron chi connectivity index (χ3n) is 2.66. The van der Waals surface area contributed by atoms with E-state index in [-0.39, 0.29) is 18.2 Å². The molecule has 4 nitrogen and oxygen atoms in total. The molecule has 0 aliphatic heterocycles. The Hall–Kier alpha value is -2.33. The fourth-order valence-corrected chi connectivity index (χ4v) is 1.85. The van der Waals surface area contributed by atoms with Crippen LogP contribution in [0.15, 0.2) is 54.6 Å². The first-order valence-corrected chi connectivity index (χ1v) is 6.42. The normalized spacial score (nSPS) is 9.85. The lowest BCUT2D eigenvalue weighted by atomic mass is 10.1. The first-order chi connectivity index (χ1) is 9.66. The lowest BCUT2D eigenvalue weighted by Crippen LogP contribution is -2.42. The average Bonchev–Trinajstić information content (AvgIpc) is 2.48. The van der Waals surface area contributed by atoms with Crippen molar-refractivity contribution in [3.05, 3.63) is 70.7 Å². The van der Waals surface area contributed by atoms with Gasteiger partial charge in [-0.15, -0.1) is 0 Å². The monoisotopic (exact) mass is 288 g/mol. The molecule has 0 aromatic heterocycles. The minimum atomic E-state index is -0.363. The van der Waals surface area contributed by atoms with Gasteiger partial charge in [-0.05, 0) is 23.8 Å². The Kier molecular flexibility index (Phi) is 4.74. The molecular weight excluding hydrogens is 276 g/mol. The number of halogens is 1. The topological polar surface area (TPSA) is 58.2 Å². The molecule has 2 aromatic carbocycles. The summed E-state index contributed by atoms with van der Waals surface area (Å²) in [5.74, 6) is -0.694. The maximum absolute atomic E-state index is 11.7. The summed E-state index contributed by atoms with van der Waals surface area (Å²) in [5, 5.41) is 0.525. The van der Waals surface area contributed by atoms with Crippen molar-refractivity contribution < 1.29 is 9.59 Å². The Labute approximate surface area is 121 Å². The molecule has 2 aromatic rings. The summed E-state index contributed by atoms with van der Waals surface area (Å²) in [5.41, 5.74) is 5.90. The van der Waals surface area contributed by atoms with E-state index in [0.29, 0.717) is 16.1 Å². The predicted octanol–water partition coefficient (Wildman–Crippen LogP) is 2.34. The smallest absolute Gasteiger partial charge is 0.269 e. The zero-order chi connectivity index (χ0) is 14.4. The number of hydrogen-bond donors (Lipinski definition) is 2. The standard InChI is InChI=1S/C15H13ClN2O2/c16-13-9-5-4-8-12(13)10-14(19)17-18-15(20)11-6-2-1-3-7-11/h1-9H,10H2,(H,17,19)(H,18,20). The maximum atomic E-state index is 11.7. The highest BCUT2D eigenvalue weighted by Gasteiger charge is 2.08. The van der Waals surface area contributed by atoms with Crippen LogP contribution in [0, 0.1) is 0 Å². The van der Waals surface area contributed by atoms with Gasteiger partial charge in [0.1, 0.15) is 0 Å². The van der Waals surface area contributed by atoms with Crippen LogP contribution in [0.4, 0.5) is 0 Å². The van der Waals surface area contributed by atoms with Gasteiger partial charge in [0.25, 0.3) is 5.91 Å². The van der Waals surface area contributed by atoms with Gasteiger partial charge in [0.2, 0.25) is 5.91 Å². The van der Waals surface area contributed by atoms with Crippen LogP contribution in [0.3, 0.4) is 0 Å². The number of benzene rings is 2. The number of hydrazine groups is 1. The summed E-state index contributed by atoms with van der Waals surface area (Å²) >= 11 is 5.96. The van der Waals surface area contributed by atoms with Crippen molar-refractivity contribution in [2.75, 3.05) is 0 Å².